The van der Waals surface area contributed by atoms with Crippen LogP contribution in [0.4, 0.5) is 5.82 Å². The lowest BCUT2D eigenvalue weighted by Crippen LogP contribution is -2.10. The fourth-order valence-electron chi connectivity index (χ4n) is 2.55. The molecule has 0 aromatic carbocycles. The summed E-state index contributed by atoms with van der Waals surface area (Å²) >= 11 is 0. The highest BCUT2D eigenvalue weighted by Crippen LogP contribution is 2.25. The van der Waals surface area contributed by atoms with Crippen molar-refractivity contribution in [1.29, 1.82) is 0 Å². The molecule has 6 nitrogen and oxygen atoms in total. The minimum atomic E-state index is 0.210. The summed E-state index contributed by atoms with van der Waals surface area (Å²) in [5, 5.41) is 0. The molecule has 0 saturated heterocycles. The first-order chi connectivity index (χ1) is 8.75. The molecule has 0 bridgehead atoms. The van der Waals surface area contributed by atoms with Gasteiger partial charge < -0.3 is 10.3 Å². The van der Waals surface area contributed by atoms with Crippen LogP contribution in [-0.4, -0.2) is 25.3 Å². The van der Waals surface area contributed by atoms with Gasteiger partial charge in [0.25, 0.3) is 0 Å². The molecule has 1 saturated carbocycles. The Labute approximate surface area is 104 Å². The molecule has 18 heavy (non-hydrogen) atoms. The fraction of sp³-hybridized carbons (Fsp3) is 0.500. The van der Waals surface area contributed by atoms with Crippen LogP contribution in [0, 0.1) is 5.92 Å². The SMILES string of the molecule is Nc1ncnc2c1ncn2CCC1CCCC1=O. The zero-order valence-corrected chi connectivity index (χ0v) is 10.0. The number of hydrogen-bond donors (Lipinski definition) is 1. The maximum atomic E-state index is 11.6. The zero-order valence-electron chi connectivity index (χ0n) is 10.0. The number of nitrogens with two attached hydrogens (primary N) is 1. The molecule has 2 aromatic rings. The molecule has 0 spiro atoms. The van der Waals surface area contributed by atoms with E-state index in [0.29, 0.717) is 17.1 Å². The number of ketones is 1. The molecule has 1 unspecified atom stereocenters. The summed E-state index contributed by atoms with van der Waals surface area (Å²) < 4.78 is 1.94. The first-order valence-electron chi connectivity index (χ1n) is 6.19. The summed E-state index contributed by atoms with van der Waals surface area (Å²) in [5.74, 6) is 1.01. The number of Topliss-reactive ketones (excluding diaryl/α,β-unsaturated/α-hetero) is 1. The predicted molar refractivity (Wildman–Crippen MR) is 66.7 cm³/mol. The summed E-state index contributed by atoms with van der Waals surface area (Å²) in [6, 6.07) is 0. The van der Waals surface area contributed by atoms with Gasteiger partial charge >= 0.3 is 0 Å². The van der Waals surface area contributed by atoms with E-state index in [1.54, 1.807) is 6.33 Å². The van der Waals surface area contributed by atoms with Crippen molar-refractivity contribution in [2.24, 2.45) is 5.92 Å². The lowest BCUT2D eigenvalue weighted by atomic mass is 10.0. The molecular formula is C12H15N5O. The fourth-order valence-corrected chi connectivity index (χ4v) is 2.55. The Morgan fingerprint density at radius 3 is 3.06 bits per heavy atom. The summed E-state index contributed by atoms with van der Waals surface area (Å²) in [5.41, 5.74) is 7.11. The van der Waals surface area contributed by atoms with E-state index in [1.807, 2.05) is 4.57 Å². The number of carbonyl (C=O) groups is 1. The van der Waals surface area contributed by atoms with Crippen LogP contribution in [0.5, 0.6) is 0 Å². The largest absolute Gasteiger partial charge is 0.382 e. The van der Waals surface area contributed by atoms with Gasteiger partial charge in [0.15, 0.2) is 11.5 Å². The van der Waals surface area contributed by atoms with E-state index in [4.69, 9.17) is 5.73 Å². The van der Waals surface area contributed by atoms with Gasteiger partial charge in [-0.25, -0.2) is 15.0 Å². The molecular weight excluding hydrogens is 230 g/mol. The molecule has 1 atom stereocenters. The third-order valence-electron chi connectivity index (χ3n) is 3.58. The van der Waals surface area contributed by atoms with Crippen LogP contribution in [0.15, 0.2) is 12.7 Å². The Kier molecular flexibility index (Phi) is 2.70. The molecule has 1 fully saturated rings. The van der Waals surface area contributed by atoms with Crippen LogP contribution < -0.4 is 5.73 Å². The average molecular weight is 245 g/mol. The summed E-state index contributed by atoms with van der Waals surface area (Å²) in [4.78, 5) is 23.9. The maximum absolute atomic E-state index is 11.6. The van der Waals surface area contributed by atoms with Gasteiger partial charge in [-0.1, -0.05) is 0 Å². The third kappa shape index (κ3) is 1.83. The number of nitrogen functional groups attached to an aromatic ring is 1. The van der Waals surface area contributed by atoms with Gasteiger partial charge in [-0.05, 0) is 19.3 Å². The number of imidazole rings is 1. The zero-order chi connectivity index (χ0) is 12.5. The maximum Gasteiger partial charge on any atom is 0.165 e. The minimum absolute atomic E-state index is 0.210. The predicted octanol–water partition coefficient (Wildman–Crippen LogP) is 1.17. The molecule has 2 heterocycles. The number of carbonyl (C=O) groups excluding carboxylic acids is 1. The Balaban J connectivity index is 1.79. The minimum Gasteiger partial charge on any atom is -0.382 e. The van der Waals surface area contributed by atoms with Gasteiger partial charge in [-0.15, -0.1) is 0 Å². The van der Waals surface area contributed by atoms with Crippen molar-refractivity contribution >= 4 is 22.8 Å². The summed E-state index contributed by atoms with van der Waals surface area (Å²) in [6.45, 7) is 0.753. The van der Waals surface area contributed by atoms with Crippen molar-refractivity contribution in [2.75, 3.05) is 5.73 Å². The van der Waals surface area contributed by atoms with Crippen molar-refractivity contribution in [1.82, 2.24) is 19.5 Å². The quantitative estimate of drug-likeness (QED) is 0.877. The Morgan fingerprint density at radius 1 is 1.39 bits per heavy atom. The van der Waals surface area contributed by atoms with E-state index < -0.39 is 0 Å². The highest BCUT2D eigenvalue weighted by molar-refractivity contribution is 5.83. The second-order valence-corrected chi connectivity index (χ2v) is 4.71. The number of anilines is 1. The second kappa shape index (κ2) is 4.36. The Bertz CT molecular complexity index is 591. The highest BCUT2D eigenvalue weighted by atomic mass is 16.1. The van der Waals surface area contributed by atoms with Gasteiger partial charge in [-0.3, -0.25) is 4.79 Å². The molecule has 94 valence electrons. The van der Waals surface area contributed by atoms with Crippen molar-refractivity contribution < 1.29 is 4.79 Å². The lowest BCUT2D eigenvalue weighted by Gasteiger charge is -2.08. The number of fused-ring (bicyclic) bond motifs is 1. The summed E-state index contributed by atoms with van der Waals surface area (Å²) in [6.07, 6.45) is 6.80. The van der Waals surface area contributed by atoms with Gasteiger partial charge in [-0.2, -0.15) is 0 Å². The Hall–Kier alpha value is -1.98. The topological polar surface area (TPSA) is 86.7 Å². The van der Waals surface area contributed by atoms with Crippen LogP contribution in [-0.2, 0) is 11.3 Å². The van der Waals surface area contributed by atoms with Crippen LogP contribution in [0.2, 0.25) is 0 Å². The van der Waals surface area contributed by atoms with Crippen molar-refractivity contribution in [3.8, 4) is 0 Å². The van der Waals surface area contributed by atoms with Gasteiger partial charge in [0, 0.05) is 18.9 Å². The van der Waals surface area contributed by atoms with Crippen molar-refractivity contribution in [3.05, 3.63) is 12.7 Å². The molecule has 1 aliphatic carbocycles. The van der Waals surface area contributed by atoms with E-state index in [2.05, 4.69) is 15.0 Å². The van der Waals surface area contributed by atoms with E-state index in [1.165, 1.54) is 6.33 Å². The number of rotatable bonds is 3. The normalized spacial score (nSPS) is 19.8. The second-order valence-electron chi connectivity index (χ2n) is 4.71. The smallest absolute Gasteiger partial charge is 0.165 e. The molecule has 3 rings (SSSR count). The van der Waals surface area contributed by atoms with E-state index in [-0.39, 0.29) is 5.92 Å². The first-order valence-corrected chi connectivity index (χ1v) is 6.19. The van der Waals surface area contributed by atoms with Gasteiger partial charge in [0.05, 0.1) is 6.33 Å². The summed E-state index contributed by atoms with van der Waals surface area (Å²) in [7, 11) is 0. The third-order valence-corrected chi connectivity index (χ3v) is 3.58. The van der Waals surface area contributed by atoms with Gasteiger partial charge in [0.2, 0.25) is 0 Å². The molecule has 0 aliphatic heterocycles. The van der Waals surface area contributed by atoms with Gasteiger partial charge in [0.1, 0.15) is 17.6 Å². The highest BCUT2D eigenvalue weighted by Gasteiger charge is 2.24. The number of aryl methyl sites for hydroxylation is 1. The molecule has 0 amide bonds. The Morgan fingerprint density at radius 2 is 2.28 bits per heavy atom. The van der Waals surface area contributed by atoms with E-state index >= 15 is 0 Å². The average Bonchev–Trinajstić information content (AvgIpc) is 2.94. The van der Waals surface area contributed by atoms with Crippen LogP contribution in [0.25, 0.3) is 11.2 Å². The number of hydrogen-bond acceptors (Lipinski definition) is 5. The van der Waals surface area contributed by atoms with Crippen molar-refractivity contribution in [3.63, 3.8) is 0 Å². The number of aromatic nitrogens is 4. The van der Waals surface area contributed by atoms with E-state index in [0.717, 1.165) is 37.9 Å². The van der Waals surface area contributed by atoms with E-state index in [9.17, 15) is 4.79 Å². The molecule has 2 N–H and O–H groups in total. The van der Waals surface area contributed by atoms with Crippen LogP contribution in [0.3, 0.4) is 0 Å². The standard InChI is InChI=1S/C12H15N5O/c13-11-10-12(15-6-14-11)17(7-16-10)5-4-8-2-1-3-9(8)18/h6-8H,1-5H2,(H2,13,14,15). The molecule has 1 aliphatic rings. The van der Waals surface area contributed by atoms with Crippen LogP contribution in [0.1, 0.15) is 25.7 Å². The molecule has 2 aromatic heterocycles. The number of nitrogens with zero attached hydrogens (tertiary/aromatic N) is 4. The molecule has 0 radical (unpaired) electrons. The monoisotopic (exact) mass is 245 g/mol. The first kappa shape index (κ1) is 11.1. The molecule has 6 heteroatoms. The van der Waals surface area contributed by atoms with Crippen molar-refractivity contribution in [2.45, 2.75) is 32.2 Å². The van der Waals surface area contributed by atoms with Crippen LogP contribution >= 0.6 is 0 Å². The lowest BCUT2D eigenvalue weighted by molar-refractivity contribution is -0.120.